The van der Waals surface area contributed by atoms with Gasteiger partial charge < -0.3 is 11.1 Å². The lowest BCUT2D eigenvalue weighted by atomic mass is 10.2. The van der Waals surface area contributed by atoms with E-state index in [1.54, 1.807) is 6.92 Å². The third-order valence-electron chi connectivity index (χ3n) is 3.88. The van der Waals surface area contributed by atoms with Gasteiger partial charge in [0.25, 0.3) is 5.69 Å². The molecular formula is C14H21ClN4O5S. The molecule has 0 bridgehead atoms. The van der Waals surface area contributed by atoms with Crippen LogP contribution in [-0.4, -0.2) is 48.7 Å². The van der Waals surface area contributed by atoms with E-state index in [0.717, 1.165) is 10.4 Å². The average Bonchev–Trinajstić information content (AvgIpc) is 3.05. The summed E-state index contributed by atoms with van der Waals surface area (Å²) in [6.45, 7) is 2.17. The van der Waals surface area contributed by atoms with E-state index in [1.165, 1.54) is 18.2 Å². The number of amides is 1. The number of nitrogens with zero attached hydrogens (tertiary/aromatic N) is 2. The van der Waals surface area contributed by atoms with Gasteiger partial charge in [-0.15, -0.1) is 12.4 Å². The largest absolute Gasteiger partial charge is 0.351 e. The molecule has 0 saturated carbocycles. The van der Waals surface area contributed by atoms with Gasteiger partial charge in [-0.25, -0.2) is 8.42 Å². The number of nitrogens with two attached hydrogens (primary N) is 1. The molecule has 1 aliphatic rings. The Balaban J connectivity index is 0.00000312. The molecule has 0 radical (unpaired) electrons. The summed E-state index contributed by atoms with van der Waals surface area (Å²) < 4.78 is 26.7. The van der Waals surface area contributed by atoms with Crippen molar-refractivity contribution in [3.63, 3.8) is 0 Å². The van der Waals surface area contributed by atoms with Crippen LogP contribution in [0.15, 0.2) is 29.2 Å². The molecule has 25 heavy (non-hydrogen) atoms. The van der Waals surface area contributed by atoms with Crippen molar-refractivity contribution in [1.82, 2.24) is 9.62 Å². The second-order valence-electron chi connectivity index (χ2n) is 5.67. The standard InChI is InChI=1S/C14H20N4O5S.ClH/c1-10(9-15)16-14(19)13-6-3-7-17(13)24(22,23)12-5-2-4-11(8-12)18(20)21;/h2,4-5,8,10,13H,3,6-7,9,15H2,1H3,(H,16,19);1H/t10-,13?;/m0./s1. The van der Waals surface area contributed by atoms with Gasteiger partial charge in [0.15, 0.2) is 0 Å². The zero-order valence-corrected chi connectivity index (χ0v) is 15.3. The number of hydrogen-bond acceptors (Lipinski definition) is 6. The van der Waals surface area contributed by atoms with E-state index in [-0.39, 0.29) is 42.1 Å². The molecule has 0 spiro atoms. The maximum Gasteiger partial charge on any atom is 0.270 e. The lowest BCUT2D eigenvalue weighted by Gasteiger charge is -2.24. The molecule has 2 atom stereocenters. The van der Waals surface area contributed by atoms with E-state index in [1.807, 2.05) is 0 Å². The fourth-order valence-electron chi connectivity index (χ4n) is 2.58. The van der Waals surface area contributed by atoms with Gasteiger partial charge in [0.2, 0.25) is 15.9 Å². The molecule has 1 aliphatic heterocycles. The van der Waals surface area contributed by atoms with Crippen molar-refractivity contribution in [3.8, 4) is 0 Å². The molecule has 1 fully saturated rings. The summed E-state index contributed by atoms with van der Waals surface area (Å²) in [5.74, 6) is -0.403. The van der Waals surface area contributed by atoms with Crippen LogP contribution < -0.4 is 11.1 Å². The van der Waals surface area contributed by atoms with Crippen molar-refractivity contribution < 1.29 is 18.1 Å². The quantitative estimate of drug-likeness (QED) is 0.538. The van der Waals surface area contributed by atoms with E-state index >= 15 is 0 Å². The van der Waals surface area contributed by atoms with E-state index in [2.05, 4.69) is 5.32 Å². The Morgan fingerprint density at radius 3 is 2.80 bits per heavy atom. The van der Waals surface area contributed by atoms with Crippen molar-refractivity contribution >= 4 is 34.0 Å². The fourth-order valence-corrected chi connectivity index (χ4v) is 4.28. The maximum atomic E-state index is 12.8. The van der Waals surface area contributed by atoms with E-state index in [0.29, 0.717) is 12.8 Å². The number of hydrogen-bond donors (Lipinski definition) is 2. The highest BCUT2D eigenvalue weighted by molar-refractivity contribution is 7.89. The summed E-state index contributed by atoms with van der Waals surface area (Å²) in [7, 11) is -3.99. The Labute approximate surface area is 152 Å². The molecular weight excluding hydrogens is 372 g/mol. The molecule has 1 amide bonds. The topological polar surface area (TPSA) is 136 Å². The summed E-state index contributed by atoms with van der Waals surface area (Å²) in [5, 5.41) is 13.5. The second-order valence-corrected chi connectivity index (χ2v) is 7.56. The van der Waals surface area contributed by atoms with Crippen LogP contribution in [0.5, 0.6) is 0 Å². The van der Waals surface area contributed by atoms with Gasteiger partial charge in [0.05, 0.1) is 9.82 Å². The Bertz CT molecular complexity index is 742. The van der Waals surface area contributed by atoms with Gasteiger partial charge in [-0.05, 0) is 25.8 Å². The second kappa shape index (κ2) is 8.56. The number of nitro benzene ring substituents is 1. The smallest absolute Gasteiger partial charge is 0.270 e. The molecule has 1 unspecified atom stereocenters. The van der Waals surface area contributed by atoms with Crippen molar-refractivity contribution in [2.75, 3.05) is 13.1 Å². The first-order valence-corrected chi connectivity index (χ1v) is 8.98. The van der Waals surface area contributed by atoms with Crippen LogP contribution in [0.3, 0.4) is 0 Å². The third kappa shape index (κ3) is 4.66. The summed E-state index contributed by atoms with van der Waals surface area (Å²) in [4.78, 5) is 22.3. The Hall–Kier alpha value is -1.75. The Kier molecular flexibility index (Phi) is 7.29. The number of rotatable bonds is 6. The Morgan fingerprint density at radius 2 is 2.20 bits per heavy atom. The molecule has 1 heterocycles. The molecule has 1 saturated heterocycles. The van der Waals surface area contributed by atoms with Crippen LogP contribution in [0, 0.1) is 10.1 Å². The molecule has 0 aromatic heterocycles. The fraction of sp³-hybridized carbons (Fsp3) is 0.500. The number of sulfonamides is 1. The van der Waals surface area contributed by atoms with E-state index < -0.39 is 26.9 Å². The van der Waals surface area contributed by atoms with Crippen molar-refractivity contribution in [2.24, 2.45) is 5.73 Å². The minimum atomic E-state index is -3.99. The average molecular weight is 393 g/mol. The molecule has 9 nitrogen and oxygen atoms in total. The lowest BCUT2D eigenvalue weighted by molar-refractivity contribution is -0.385. The van der Waals surface area contributed by atoms with Crippen molar-refractivity contribution in [2.45, 2.75) is 36.7 Å². The maximum absolute atomic E-state index is 12.8. The molecule has 11 heteroatoms. The number of nitrogens with one attached hydrogen (secondary N) is 1. The molecule has 1 aromatic carbocycles. The number of benzene rings is 1. The number of halogens is 1. The van der Waals surface area contributed by atoms with E-state index in [9.17, 15) is 23.3 Å². The highest BCUT2D eigenvalue weighted by atomic mass is 35.5. The van der Waals surface area contributed by atoms with Gasteiger partial charge in [-0.2, -0.15) is 4.31 Å². The van der Waals surface area contributed by atoms with E-state index in [4.69, 9.17) is 5.73 Å². The minimum absolute atomic E-state index is 0. The first-order valence-electron chi connectivity index (χ1n) is 7.54. The molecule has 1 aromatic rings. The monoisotopic (exact) mass is 392 g/mol. The van der Waals surface area contributed by atoms with Crippen LogP contribution in [0.2, 0.25) is 0 Å². The normalized spacial score (nSPS) is 19.0. The lowest BCUT2D eigenvalue weighted by Crippen LogP contribution is -2.49. The van der Waals surface area contributed by atoms with Gasteiger partial charge in [-0.3, -0.25) is 14.9 Å². The van der Waals surface area contributed by atoms with Gasteiger partial charge in [0, 0.05) is 31.3 Å². The number of carbonyl (C=O) groups excluding carboxylic acids is 1. The van der Waals surface area contributed by atoms with Crippen LogP contribution in [-0.2, 0) is 14.8 Å². The first kappa shape index (κ1) is 21.3. The molecule has 2 rings (SSSR count). The SMILES string of the molecule is C[C@@H](CN)NC(=O)C1CCCN1S(=O)(=O)c1cccc([N+](=O)[O-])c1.Cl. The highest BCUT2D eigenvalue weighted by Crippen LogP contribution is 2.28. The van der Waals surface area contributed by atoms with Crippen LogP contribution in [0.1, 0.15) is 19.8 Å². The third-order valence-corrected chi connectivity index (χ3v) is 5.79. The van der Waals surface area contributed by atoms with Crippen LogP contribution >= 0.6 is 12.4 Å². The zero-order chi connectivity index (χ0) is 17.9. The molecule has 140 valence electrons. The van der Waals surface area contributed by atoms with Crippen LogP contribution in [0.4, 0.5) is 5.69 Å². The molecule has 3 N–H and O–H groups in total. The molecule has 0 aliphatic carbocycles. The zero-order valence-electron chi connectivity index (χ0n) is 13.6. The van der Waals surface area contributed by atoms with Crippen molar-refractivity contribution in [3.05, 3.63) is 34.4 Å². The predicted molar refractivity (Wildman–Crippen MR) is 93.9 cm³/mol. The summed E-state index contributed by atoms with van der Waals surface area (Å²) in [6.07, 6.45) is 0.945. The summed E-state index contributed by atoms with van der Waals surface area (Å²) in [6, 6.07) is 3.73. The van der Waals surface area contributed by atoms with Gasteiger partial charge >= 0.3 is 0 Å². The minimum Gasteiger partial charge on any atom is -0.351 e. The first-order chi connectivity index (χ1) is 11.3. The number of carbonyl (C=O) groups is 1. The van der Waals surface area contributed by atoms with Crippen LogP contribution in [0.25, 0.3) is 0 Å². The Morgan fingerprint density at radius 1 is 1.52 bits per heavy atom. The predicted octanol–water partition coefficient (Wildman–Crippen LogP) is 0.633. The summed E-state index contributed by atoms with van der Waals surface area (Å²) >= 11 is 0. The number of non-ortho nitro benzene ring substituents is 1. The summed E-state index contributed by atoms with van der Waals surface area (Å²) in [5.41, 5.74) is 5.15. The number of nitro groups is 1. The van der Waals surface area contributed by atoms with Crippen molar-refractivity contribution in [1.29, 1.82) is 0 Å². The highest BCUT2D eigenvalue weighted by Gasteiger charge is 2.40. The van der Waals surface area contributed by atoms with Gasteiger partial charge in [-0.1, -0.05) is 6.07 Å². The van der Waals surface area contributed by atoms with Gasteiger partial charge in [0.1, 0.15) is 6.04 Å².